The second-order valence-corrected chi connectivity index (χ2v) is 10.1. The van der Waals surface area contributed by atoms with Gasteiger partial charge in [-0.15, -0.1) is 0 Å². The van der Waals surface area contributed by atoms with Crippen LogP contribution in [0.1, 0.15) is 44.1 Å². The molecule has 1 aromatic carbocycles. The maximum atomic E-state index is 13.2. The summed E-state index contributed by atoms with van der Waals surface area (Å²) in [6.45, 7) is 5.34. The van der Waals surface area contributed by atoms with Gasteiger partial charge in [0.15, 0.2) is 0 Å². The lowest BCUT2D eigenvalue weighted by atomic mass is 9.88. The van der Waals surface area contributed by atoms with Gasteiger partial charge in [0.05, 0.1) is 5.92 Å². The number of carbonyl (C=O) groups excluding carboxylic acids is 1. The minimum atomic E-state index is 0.239. The Labute approximate surface area is 176 Å². The van der Waals surface area contributed by atoms with Crippen molar-refractivity contribution in [3.05, 3.63) is 48.0 Å². The van der Waals surface area contributed by atoms with Crippen LogP contribution in [0.5, 0.6) is 0 Å². The van der Waals surface area contributed by atoms with E-state index < -0.39 is 0 Å². The van der Waals surface area contributed by atoms with Gasteiger partial charge >= 0.3 is 0 Å². The molecule has 4 aliphatic rings. The molecule has 3 nitrogen and oxygen atoms in total. The SMILES string of the molecule is O=C([C@@H]1CCCN(C[C@@H]2C[C@H]3C=C[C@H]2C3)C1)N1CCC(Cc2ccccc2)CC1. The first kappa shape index (κ1) is 19.4. The van der Waals surface area contributed by atoms with E-state index in [1.165, 1.54) is 37.9 Å². The average Bonchev–Trinajstić information content (AvgIpc) is 3.38. The van der Waals surface area contributed by atoms with E-state index in [2.05, 4.69) is 52.3 Å². The molecule has 0 unspecified atom stereocenters. The second kappa shape index (κ2) is 8.63. The molecule has 156 valence electrons. The number of likely N-dealkylation sites (tertiary alicyclic amines) is 2. The van der Waals surface area contributed by atoms with Crippen molar-refractivity contribution in [3.63, 3.8) is 0 Å². The van der Waals surface area contributed by atoms with Gasteiger partial charge in [-0.1, -0.05) is 42.5 Å². The van der Waals surface area contributed by atoms with E-state index in [1.807, 2.05) is 0 Å². The van der Waals surface area contributed by atoms with Crippen molar-refractivity contribution in [2.75, 3.05) is 32.7 Å². The summed E-state index contributed by atoms with van der Waals surface area (Å²) >= 11 is 0. The minimum Gasteiger partial charge on any atom is -0.342 e. The first-order valence-corrected chi connectivity index (χ1v) is 12.0. The molecule has 5 rings (SSSR count). The Kier molecular flexibility index (Phi) is 5.76. The lowest BCUT2D eigenvalue weighted by molar-refractivity contribution is -0.138. The summed E-state index contributed by atoms with van der Waals surface area (Å²) in [6, 6.07) is 10.8. The molecule has 1 amide bonds. The van der Waals surface area contributed by atoms with Crippen LogP contribution in [0.15, 0.2) is 42.5 Å². The molecule has 3 fully saturated rings. The molecule has 1 saturated carbocycles. The van der Waals surface area contributed by atoms with Gasteiger partial charge in [-0.25, -0.2) is 0 Å². The third-order valence-corrected chi connectivity index (χ3v) is 8.06. The van der Waals surface area contributed by atoms with Crippen molar-refractivity contribution in [2.45, 2.75) is 44.9 Å². The van der Waals surface area contributed by atoms with Crippen molar-refractivity contribution in [2.24, 2.45) is 29.6 Å². The molecule has 2 saturated heterocycles. The Bertz CT molecular complexity index is 721. The molecule has 4 atom stereocenters. The van der Waals surface area contributed by atoms with E-state index >= 15 is 0 Å². The van der Waals surface area contributed by atoms with E-state index in [9.17, 15) is 4.79 Å². The highest BCUT2D eigenvalue weighted by molar-refractivity contribution is 5.79. The normalized spacial score (nSPS) is 32.8. The smallest absolute Gasteiger partial charge is 0.226 e. The van der Waals surface area contributed by atoms with Gasteiger partial charge in [0.2, 0.25) is 5.91 Å². The number of amides is 1. The van der Waals surface area contributed by atoms with Crippen LogP contribution in [-0.4, -0.2) is 48.4 Å². The standard InChI is InChI=1S/C26H36N2O/c29-26(28-13-10-21(11-14-28)15-20-5-2-1-3-6-20)24-7-4-12-27(18-24)19-25-17-22-8-9-23(25)16-22/h1-3,5-6,8-9,21-25H,4,7,10-19H2/t22-,23-,24+,25-/m0/s1. The molecule has 2 bridgehead atoms. The fraction of sp³-hybridized carbons (Fsp3) is 0.654. The fourth-order valence-corrected chi connectivity index (χ4v) is 6.42. The van der Waals surface area contributed by atoms with Crippen LogP contribution >= 0.6 is 0 Å². The molecular weight excluding hydrogens is 356 g/mol. The first-order chi connectivity index (χ1) is 14.2. The largest absolute Gasteiger partial charge is 0.342 e. The average molecular weight is 393 g/mol. The van der Waals surface area contributed by atoms with E-state index in [-0.39, 0.29) is 5.92 Å². The molecule has 0 spiro atoms. The van der Waals surface area contributed by atoms with Crippen LogP contribution in [0, 0.1) is 29.6 Å². The highest BCUT2D eigenvalue weighted by Crippen LogP contribution is 2.44. The number of allylic oxidation sites excluding steroid dienone is 2. The fourth-order valence-electron chi connectivity index (χ4n) is 6.42. The van der Waals surface area contributed by atoms with E-state index in [1.54, 1.807) is 0 Å². The number of benzene rings is 1. The van der Waals surface area contributed by atoms with Crippen molar-refractivity contribution < 1.29 is 4.79 Å². The number of carbonyl (C=O) groups is 1. The lowest BCUT2D eigenvalue weighted by Gasteiger charge is -2.39. The van der Waals surface area contributed by atoms with Crippen molar-refractivity contribution in [1.82, 2.24) is 9.80 Å². The highest BCUT2D eigenvalue weighted by Gasteiger charge is 2.38. The van der Waals surface area contributed by atoms with Gasteiger partial charge in [0.25, 0.3) is 0 Å². The topological polar surface area (TPSA) is 23.6 Å². The van der Waals surface area contributed by atoms with E-state index in [4.69, 9.17) is 0 Å². The van der Waals surface area contributed by atoms with Gasteiger partial charge in [0, 0.05) is 26.2 Å². The lowest BCUT2D eigenvalue weighted by Crippen LogP contribution is -2.48. The molecule has 3 heteroatoms. The molecule has 0 radical (unpaired) electrons. The number of nitrogens with zero attached hydrogens (tertiary/aromatic N) is 2. The molecule has 0 N–H and O–H groups in total. The number of fused-ring (bicyclic) bond motifs is 2. The van der Waals surface area contributed by atoms with Crippen molar-refractivity contribution >= 4 is 5.91 Å². The first-order valence-electron chi connectivity index (χ1n) is 12.0. The molecule has 2 aliphatic carbocycles. The Morgan fingerprint density at radius 1 is 0.966 bits per heavy atom. The van der Waals surface area contributed by atoms with E-state index in [0.717, 1.165) is 69.0 Å². The highest BCUT2D eigenvalue weighted by atomic mass is 16.2. The van der Waals surface area contributed by atoms with Crippen LogP contribution in [0.4, 0.5) is 0 Å². The monoisotopic (exact) mass is 392 g/mol. The number of hydrogen-bond acceptors (Lipinski definition) is 2. The Hall–Kier alpha value is -1.61. The Balaban J connectivity index is 1.09. The number of rotatable bonds is 5. The Morgan fingerprint density at radius 2 is 1.79 bits per heavy atom. The van der Waals surface area contributed by atoms with Crippen LogP contribution in [0.3, 0.4) is 0 Å². The quantitative estimate of drug-likeness (QED) is 0.694. The third kappa shape index (κ3) is 4.45. The van der Waals surface area contributed by atoms with Gasteiger partial charge < -0.3 is 9.80 Å². The molecule has 2 heterocycles. The Morgan fingerprint density at radius 3 is 2.52 bits per heavy atom. The number of hydrogen-bond donors (Lipinski definition) is 0. The summed E-state index contributed by atoms with van der Waals surface area (Å²) < 4.78 is 0. The molecule has 2 aliphatic heterocycles. The number of piperidine rings is 2. The van der Waals surface area contributed by atoms with Gasteiger partial charge in [-0.3, -0.25) is 4.79 Å². The summed E-state index contributed by atoms with van der Waals surface area (Å²) in [6.07, 6.45) is 13.4. The summed E-state index contributed by atoms with van der Waals surface area (Å²) in [5, 5.41) is 0. The summed E-state index contributed by atoms with van der Waals surface area (Å²) in [7, 11) is 0. The zero-order valence-electron chi connectivity index (χ0n) is 17.7. The summed E-state index contributed by atoms with van der Waals surface area (Å²) in [5.41, 5.74) is 1.44. The molecule has 1 aromatic rings. The third-order valence-electron chi connectivity index (χ3n) is 8.06. The maximum Gasteiger partial charge on any atom is 0.226 e. The predicted molar refractivity (Wildman–Crippen MR) is 117 cm³/mol. The van der Waals surface area contributed by atoms with Crippen LogP contribution < -0.4 is 0 Å². The molecular formula is C26H36N2O. The van der Waals surface area contributed by atoms with Crippen molar-refractivity contribution in [3.8, 4) is 0 Å². The van der Waals surface area contributed by atoms with Gasteiger partial charge in [0.1, 0.15) is 0 Å². The van der Waals surface area contributed by atoms with Gasteiger partial charge in [-0.05, 0) is 80.7 Å². The molecule has 0 aromatic heterocycles. The zero-order chi connectivity index (χ0) is 19.6. The van der Waals surface area contributed by atoms with E-state index in [0.29, 0.717) is 5.91 Å². The second-order valence-electron chi connectivity index (χ2n) is 10.1. The zero-order valence-corrected chi connectivity index (χ0v) is 17.7. The molecule has 29 heavy (non-hydrogen) atoms. The minimum absolute atomic E-state index is 0.239. The predicted octanol–water partition coefficient (Wildman–Crippen LogP) is 4.39. The van der Waals surface area contributed by atoms with Crippen molar-refractivity contribution in [1.29, 1.82) is 0 Å². The van der Waals surface area contributed by atoms with Crippen LogP contribution in [-0.2, 0) is 11.2 Å². The van der Waals surface area contributed by atoms with Crippen LogP contribution in [0.25, 0.3) is 0 Å². The van der Waals surface area contributed by atoms with Gasteiger partial charge in [-0.2, -0.15) is 0 Å². The summed E-state index contributed by atoms with van der Waals surface area (Å²) in [4.78, 5) is 18.0. The summed E-state index contributed by atoms with van der Waals surface area (Å²) in [5.74, 6) is 3.93. The maximum absolute atomic E-state index is 13.2. The van der Waals surface area contributed by atoms with Crippen LogP contribution in [0.2, 0.25) is 0 Å².